The number of nitrogens with zero attached hydrogens (tertiary/aromatic N) is 3. The first-order valence-corrected chi connectivity index (χ1v) is 10.4. The second kappa shape index (κ2) is 9.51. The second-order valence-corrected chi connectivity index (χ2v) is 8.36. The molecule has 1 N–H and O–H groups in total. The number of benzene rings is 1. The van der Waals surface area contributed by atoms with Crippen LogP contribution in [-0.4, -0.2) is 61.4 Å². The number of halogens is 2. The number of rotatable bonds is 4. The van der Waals surface area contributed by atoms with Gasteiger partial charge in [-0.2, -0.15) is 0 Å². The maximum Gasteiger partial charge on any atom is 0.289 e. The second-order valence-electron chi connectivity index (χ2n) is 7.45. The summed E-state index contributed by atoms with van der Waals surface area (Å²) in [6.45, 7) is 3.72. The molecule has 1 saturated carbocycles. The van der Waals surface area contributed by atoms with Crippen molar-refractivity contribution < 1.29 is 9.21 Å². The number of piperazine rings is 1. The highest BCUT2D eigenvalue weighted by molar-refractivity contribution is 14.0. The largest absolute Gasteiger partial charge is 0.459 e. The summed E-state index contributed by atoms with van der Waals surface area (Å²) < 4.78 is 6.36. The molecule has 29 heavy (non-hydrogen) atoms. The number of aliphatic imine (C=N–C) groups is 1. The smallest absolute Gasteiger partial charge is 0.289 e. The minimum atomic E-state index is -0.0424. The number of hydrogen-bond acceptors (Lipinski definition) is 3. The lowest BCUT2D eigenvalue weighted by molar-refractivity contribution is 0.0657. The summed E-state index contributed by atoms with van der Waals surface area (Å²) in [5, 5.41) is 3.57. The number of carbonyl (C=O) groups excluding carboxylic acids is 1. The van der Waals surface area contributed by atoms with Crippen LogP contribution in [-0.2, 0) is 5.41 Å². The fourth-order valence-electron chi connectivity index (χ4n) is 3.79. The number of guanidine groups is 1. The zero-order chi connectivity index (χ0) is 19.6. The first kappa shape index (κ1) is 22.1. The lowest BCUT2D eigenvalue weighted by Gasteiger charge is -2.36. The highest BCUT2D eigenvalue weighted by atomic mass is 127. The molecule has 0 spiro atoms. The van der Waals surface area contributed by atoms with Crippen LogP contribution < -0.4 is 5.32 Å². The molecule has 1 aliphatic heterocycles. The van der Waals surface area contributed by atoms with E-state index in [0.29, 0.717) is 18.8 Å². The van der Waals surface area contributed by atoms with Gasteiger partial charge >= 0.3 is 0 Å². The predicted molar refractivity (Wildman–Crippen MR) is 128 cm³/mol. The van der Waals surface area contributed by atoms with Gasteiger partial charge in [0, 0.05) is 49.7 Å². The van der Waals surface area contributed by atoms with Crippen molar-refractivity contribution in [2.24, 2.45) is 4.99 Å². The Morgan fingerprint density at radius 1 is 1.17 bits per heavy atom. The molecule has 1 saturated heterocycles. The lowest BCUT2D eigenvalue weighted by atomic mass is 9.96. The van der Waals surface area contributed by atoms with Crippen molar-refractivity contribution in [3.05, 3.63) is 58.5 Å². The van der Waals surface area contributed by atoms with Crippen LogP contribution in [0.1, 0.15) is 29.0 Å². The van der Waals surface area contributed by atoms with Gasteiger partial charge in [-0.05, 0) is 42.7 Å². The molecule has 2 aliphatic rings. The van der Waals surface area contributed by atoms with Crippen LogP contribution in [0.2, 0.25) is 0 Å². The lowest BCUT2D eigenvalue weighted by Crippen LogP contribution is -2.54. The Morgan fingerprint density at radius 2 is 1.90 bits per heavy atom. The van der Waals surface area contributed by atoms with Gasteiger partial charge < -0.3 is 19.5 Å². The molecule has 8 heteroatoms. The minimum absolute atomic E-state index is 0. The summed E-state index contributed by atoms with van der Waals surface area (Å²) in [7, 11) is 1.82. The van der Waals surface area contributed by atoms with Crippen LogP contribution in [0.5, 0.6) is 0 Å². The van der Waals surface area contributed by atoms with Crippen molar-refractivity contribution in [3.8, 4) is 0 Å². The first-order valence-electron chi connectivity index (χ1n) is 9.66. The van der Waals surface area contributed by atoms with Gasteiger partial charge in [0.2, 0.25) is 0 Å². The average Bonchev–Trinajstić information content (AvgIpc) is 3.31. The molecule has 1 aromatic carbocycles. The van der Waals surface area contributed by atoms with Crippen molar-refractivity contribution in [1.29, 1.82) is 0 Å². The Kier molecular flexibility index (Phi) is 7.26. The fraction of sp³-hybridized carbons (Fsp3) is 0.429. The molecular weight excluding hydrogens is 547 g/mol. The SMILES string of the molecule is CN=C(NCC1(c2cccc(Br)c2)CC1)N1CCN(C(=O)c2ccco2)CC1.I. The van der Waals surface area contributed by atoms with Gasteiger partial charge in [0.05, 0.1) is 6.26 Å². The molecule has 2 aromatic rings. The zero-order valence-electron chi connectivity index (χ0n) is 16.4. The maximum atomic E-state index is 12.4. The van der Waals surface area contributed by atoms with Gasteiger partial charge in [0.1, 0.15) is 0 Å². The van der Waals surface area contributed by atoms with Crippen LogP contribution in [0.25, 0.3) is 0 Å². The van der Waals surface area contributed by atoms with E-state index in [1.54, 1.807) is 12.1 Å². The Bertz CT molecular complexity index is 859. The molecule has 0 unspecified atom stereocenters. The van der Waals surface area contributed by atoms with E-state index in [-0.39, 0.29) is 35.3 Å². The summed E-state index contributed by atoms with van der Waals surface area (Å²) in [5.41, 5.74) is 1.58. The number of furan rings is 1. The van der Waals surface area contributed by atoms with E-state index >= 15 is 0 Å². The maximum absolute atomic E-state index is 12.4. The summed E-state index contributed by atoms with van der Waals surface area (Å²) >= 11 is 3.58. The quantitative estimate of drug-likeness (QED) is 0.345. The van der Waals surface area contributed by atoms with Crippen molar-refractivity contribution in [2.75, 3.05) is 39.8 Å². The van der Waals surface area contributed by atoms with Crippen LogP contribution >= 0.6 is 39.9 Å². The summed E-state index contributed by atoms with van der Waals surface area (Å²) in [4.78, 5) is 21.0. The molecule has 0 radical (unpaired) electrons. The number of nitrogens with one attached hydrogen (secondary N) is 1. The Labute approximate surface area is 196 Å². The van der Waals surface area contributed by atoms with E-state index in [2.05, 4.69) is 55.4 Å². The number of amides is 1. The molecule has 156 valence electrons. The average molecular weight is 573 g/mol. The van der Waals surface area contributed by atoms with Crippen LogP contribution in [0.15, 0.2) is 56.5 Å². The van der Waals surface area contributed by atoms with Crippen molar-refractivity contribution >= 4 is 51.8 Å². The highest BCUT2D eigenvalue weighted by Gasteiger charge is 2.44. The van der Waals surface area contributed by atoms with Gasteiger partial charge in [0.15, 0.2) is 11.7 Å². The third-order valence-electron chi connectivity index (χ3n) is 5.69. The van der Waals surface area contributed by atoms with E-state index in [1.807, 2.05) is 11.9 Å². The van der Waals surface area contributed by atoms with Gasteiger partial charge in [0.25, 0.3) is 5.91 Å². The third-order valence-corrected chi connectivity index (χ3v) is 6.18. The van der Waals surface area contributed by atoms with E-state index in [1.165, 1.54) is 24.7 Å². The standard InChI is InChI=1S/C21H25BrN4O2.HI/c1-23-20(24-15-21(7-8-21)16-4-2-5-17(22)14-16)26-11-9-25(10-12-26)19(27)18-6-3-13-28-18;/h2-6,13-14H,7-12,15H2,1H3,(H,23,24);1H. The third kappa shape index (κ3) is 4.96. The monoisotopic (exact) mass is 572 g/mol. The first-order chi connectivity index (χ1) is 13.6. The highest BCUT2D eigenvalue weighted by Crippen LogP contribution is 2.48. The van der Waals surface area contributed by atoms with Crippen LogP contribution in [0.3, 0.4) is 0 Å². The Hall–Kier alpha value is -1.55. The normalized spacial score (nSPS) is 18.2. The molecule has 0 atom stereocenters. The Morgan fingerprint density at radius 3 is 2.48 bits per heavy atom. The number of hydrogen-bond donors (Lipinski definition) is 1. The van der Waals surface area contributed by atoms with Gasteiger partial charge in [-0.15, -0.1) is 24.0 Å². The topological polar surface area (TPSA) is 61.1 Å². The van der Waals surface area contributed by atoms with Gasteiger partial charge in [-0.1, -0.05) is 28.1 Å². The van der Waals surface area contributed by atoms with Crippen LogP contribution in [0, 0.1) is 0 Å². The summed E-state index contributed by atoms with van der Waals surface area (Å²) in [6, 6.07) is 12.1. The molecular formula is C21H26BrIN4O2. The molecule has 2 fully saturated rings. The minimum Gasteiger partial charge on any atom is -0.459 e. The molecule has 1 aromatic heterocycles. The zero-order valence-corrected chi connectivity index (χ0v) is 20.4. The fourth-order valence-corrected chi connectivity index (χ4v) is 4.19. The molecule has 0 bridgehead atoms. The summed E-state index contributed by atoms with van der Waals surface area (Å²) in [6.07, 6.45) is 3.92. The van der Waals surface area contributed by atoms with E-state index in [4.69, 9.17) is 4.42 Å². The number of carbonyl (C=O) groups is 1. The molecule has 4 rings (SSSR count). The van der Waals surface area contributed by atoms with Crippen molar-refractivity contribution in [2.45, 2.75) is 18.3 Å². The molecule has 2 heterocycles. The predicted octanol–water partition coefficient (Wildman–Crippen LogP) is 3.73. The molecule has 1 amide bonds. The van der Waals surface area contributed by atoms with E-state index in [0.717, 1.165) is 30.1 Å². The van der Waals surface area contributed by atoms with Crippen molar-refractivity contribution in [1.82, 2.24) is 15.1 Å². The summed E-state index contributed by atoms with van der Waals surface area (Å²) in [5.74, 6) is 1.27. The molecule has 6 nitrogen and oxygen atoms in total. The Balaban J connectivity index is 0.00000240. The van der Waals surface area contributed by atoms with E-state index in [9.17, 15) is 4.79 Å². The van der Waals surface area contributed by atoms with Crippen molar-refractivity contribution in [3.63, 3.8) is 0 Å². The molecule has 1 aliphatic carbocycles. The van der Waals surface area contributed by atoms with Gasteiger partial charge in [-0.25, -0.2) is 0 Å². The van der Waals surface area contributed by atoms with Gasteiger partial charge in [-0.3, -0.25) is 9.79 Å². The van der Waals surface area contributed by atoms with Crippen LogP contribution in [0.4, 0.5) is 0 Å². The van der Waals surface area contributed by atoms with E-state index < -0.39 is 0 Å².